The van der Waals surface area contributed by atoms with Gasteiger partial charge in [-0.25, -0.2) is 18.0 Å². The Morgan fingerprint density at radius 2 is 2.00 bits per heavy atom. The van der Waals surface area contributed by atoms with E-state index in [1.54, 1.807) is 6.92 Å². The van der Waals surface area contributed by atoms with Crippen LogP contribution in [0.15, 0.2) is 6.07 Å². The van der Waals surface area contributed by atoms with Crippen molar-refractivity contribution in [2.45, 2.75) is 6.92 Å². The van der Waals surface area contributed by atoms with E-state index in [9.17, 15) is 18.0 Å². The van der Waals surface area contributed by atoms with Gasteiger partial charge in [0.1, 0.15) is 5.52 Å². The molecular formula is C11H6ClF3N2O2. The molecule has 0 unspecified atom stereocenters. The standard InChI is InChI=1S/C11H6ClF3N2O2/c1-2-19-11(18)10-6(12)4-3-5(13)7(14)8(15)9(4)16-17-10/h3H,2H2,1H3. The van der Waals surface area contributed by atoms with Crippen LogP contribution in [0.2, 0.25) is 5.02 Å². The number of ether oxygens (including phenoxy) is 1. The Bertz CT molecular complexity index is 679. The number of fused-ring (bicyclic) bond motifs is 1. The van der Waals surface area contributed by atoms with Gasteiger partial charge < -0.3 is 4.74 Å². The molecule has 0 fully saturated rings. The van der Waals surface area contributed by atoms with Crippen LogP contribution < -0.4 is 0 Å². The summed E-state index contributed by atoms with van der Waals surface area (Å²) in [5.74, 6) is -5.51. The SMILES string of the molecule is CCOC(=O)c1nnc2c(F)c(F)c(F)cc2c1Cl. The van der Waals surface area contributed by atoms with E-state index in [0.29, 0.717) is 6.07 Å². The molecule has 4 nitrogen and oxygen atoms in total. The molecule has 0 N–H and O–H groups in total. The van der Waals surface area contributed by atoms with Crippen LogP contribution in [-0.2, 0) is 4.74 Å². The molecule has 19 heavy (non-hydrogen) atoms. The lowest BCUT2D eigenvalue weighted by Gasteiger charge is -2.06. The van der Waals surface area contributed by atoms with Gasteiger partial charge in [0.25, 0.3) is 0 Å². The van der Waals surface area contributed by atoms with Crippen LogP contribution in [0, 0.1) is 17.5 Å². The van der Waals surface area contributed by atoms with Gasteiger partial charge in [-0.2, -0.15) is 0 Å². The molecule has 0 radical (unpaired) electrons. The average Bonchev–Trinajstić information content (AvgIpc) is 2.38. The molecule has 0 saturated carbocycles. The van der Waals surface area contributed by atoms with Crippen molar-refractivity contribution in [3.8, 4) is 0 Å². The lowest BCUT2D eigenvalue weighted by Crippen LogP contribution is -2.10. The number of rotatable bonds is 2. The number of carbonyl (C=O) groups excluding carboxylic acids is 1. The number of carbonyl (C=O) groups is 1. The number of hydrogen-bond donors (Lipinski definition) is 0. The molecular weight excluding hydrogens is 285 g/mol. The van der Waals surface area contributed by atoms with Gasteiger partial charge in [0.05, 0.1) is 11.6 Å². The van der Waals surface area contributed by atoms with Crippen molar-refractivity contribution >= 4 is 28.5 Å². The number of nitrogens with zero attached hydrogens (tertiary/aromatic N) is 2. The van der Waals surface area contributed by atoms with Crippen LogP contribution in [0.4, 0.5) is 13.2 Å². The maximum atomic E-state index is 13.4. The second-order valence-electron chi connectivity index (χ2n) is 3.47. The molecule has 0 bridgehead atoms. The zero-order valence-electron chi connectivity index (χ0n) is 9.51. The van der Waals surface area contributed by atoms with Crippen LogP contribution in [-0.4, -0.2) is 22.8 Å². The molecule has 0 spiro atoms. The van der Waals surface area contributed by atoms with E-state index < -0.39 is 28.9 Å². The minimum atomic E-state index is -1.68. The summed E-state index contributed by atoms with van der Waals surface area (Å²) in [6.45, 7) is 1.63. The number of aromatic nitrogens is 2. The Balaban J connectivity index is 2.72. The van der Waals surface area contributed by atoms with Crippen molar-refractivity contribution in [1.29, 1.82) is 0 Å². The third-order valence-electron chi connectivity index (χ3n) is 2.30. The van der Waals surface area contributed by atoms with Crippen LogP contribution >= 0.6 is 11.6 Å². The first-order valence-corrected chi connectivity index (χ1v) is 5.51. The van der Waals surface area contributed by atoms with Gasteiger partial charge in [0, 0.05) is 5.39 Å². The van der Waals surface area contributed by atoms with Gasteiger partial charge in [-0.1, -0.05) is 11.6 Å². The molecule has 1 aromatic heterocycles. The lowest BCUT2D eigenvalue weighted by atomic mass is 10.2. The predicted molar refractivity (Wildman–Crippen MR) is 60.4 cm³/mol. The van der Waals surface area contributed by atoms with Crippen molar-refractivity contribution in [1.82, 2.24) is 10.2 Å². The molecule has 1 heterocycles. The Morgan fingerprint density at radius 1 is 1.32 bits per heavy atom. The first-order chi connectivity index (χ1) is 8.97. The van der Waals surface area contributed by atoms with Gasteiger partial charge in [0.2, 0.25) is 0 Å². The highest BCUT2D eigenvalue weighted by molar-refractivity contribution is 6.37. The van der Waals surface area contributed by atoms with E-state index in [1.807, 2.05) is 0 Å². The lowest BCUT2D eigenvalue weighted by molar-refractivity contribution is 0.0518. The summed E-state index contributed by atoms with van der Waals surface area (Å²) >= 11 is 5.81. The molecule has 0 saturated heterocycles. The molecule has 8 heteroatoms. The Kier molecular flexibility index (Phi) is 3.57. The van der Waals surface area contributed by atoms with E-state index in [2.05, 4.69) is 14.9 Å². The summed E-state index contributed by atoms with van der Waals surface area (Å²) in [5, 5.41) is 6.10. The van der Waals surface area contributed by atoms with E-state index >= 15 is 0 Å². The molecule has 2 rings (SSSR count). The maximum Gasteiger partial charge on any atom is 0.360 e. The minimum absolute atomic E-state index is 0.0705. The second kappa shape index (κ2) is 5.00. The molecule has 2 aromatic rings. The first kappa shape index (κ1) is 13.5. The van der Waals surface area contributed by atoms with E-state index in [-0.39, 0.29) is 22.7 Å². The van der Waals surface area contributed by atoms with E-state index in [0.717, 1.165) is 0 Å². The highest BCUT2D eigenvalue weighted by Crippen LogP contribution is 2.28. The Morgan fingerprint density at radius 3 is 2.63 bits per heavy atom. The van der Waals surface area contributed by atoms with E-state index in [1.165, 1.54) is 0 Å². The van der Waals surface area contributed by atoms with Crippen LogP contribution in [0.1, 0.15) is 17.4 Å². The molecule has 0 atom stereocenters. The number of esters is 1. The molecule has 0 aliphatic rings. The van der Waals surface area contributed by atoms with Crippen molar-refractivity contribution < 1.29 is 22.7 Å². The smallest absolute Gasteiger partial charge is 0.360 e. The number of halogens is 4. The third kappa shape index (κ3) is 2.21. The van der Waals surface area contributed by atoms with Crippen LogP contribution in [0.5, 0.6) is 0 Å². The van der Waals surface area contributed by atoms with Gasteiger partial charge in [0.15, 0.2) is 23.1 Å². The summed E-state index contributed by atoms with van der Waals surface area (Å²) < 4.78 is 44.2. The zero-order valence-corrected chi connectivity index (χ0v) is 10.3. The van der Waals surface area contributed by atoms with Crippen molar-refractivity contribution in [3.05, 3.63) is 34.2 Å². The van der Waals surface area contributed by atoms with Crippen LogP contribution in [0.25, 0.3) is 10.9 Å². The van der Waals surface area contributed by atoms with Crippen molar-refractivity contribution in [2.24, 2.45) is 0 Å². The quantitative estimate of drug-likeness (QED) is 0.630. The number of hydrogen-bond acceptors (Lipinski definition) is 4. The normalized spacial score (nSPS) is 10.8. The maximum absolute atomic E-state index is 13.4. The molecule has 1 aromatic carbocycles. The zero-order chi connectivity index (χ0) is 14.2. The first-order valence-electron chi connectivity index (χ1n) is 5.13. The Hall–Kier alpha value is -1.89. The average molecular weight is 291 g/mol. The summed E-state index contributed by atoms with van der Waals surface area (Å²) in [6, 6.07) is 0.646. The summed E-state index contributed by atoms with van der Waals surface area (Å²) in [5.41, 5.74) is -0.946. The van der Waals surface area contributed by atoms with Crippen LogP contribution in [0.3, 0.4) is 0 Å². The highest BCUT2D eigenvalue weighted by atomic mass is 35.5. The molecule has 0 aliphatic carbocycles. The van der Waals surface area contributed by atoms with Gasteiger partial charge in [-0.3, -0.25) is 0 Å². The van der Waals surface area contributed by atoms with Crippen molar-refractivity contribution in [3.63, 3.8) is 0 Å². The second-order valence-corrected chi connectivity index (χ2v) is 3.84. The summed E-state index contributed by atoms with van der Waals surface area (Å²) in [6.07, 6.45) is 0. The topological polar surface area (TPSA) is 52.1 Å². The fourth-order valence-electron chi connectivity index (χ4n) is 1.45. The van der Waals surface area contributed by atoms with Crippen molar-refractivity contribution in [2.75, 3.05) is 6.61 Å². The Labute approximate surface area is 110 Å². The molecule has 100 valence electrons. The van der Waals surface area contributed by atoms with E-state index in [4.69, 9.17) is 11.6 Å². The van der Waals surface area contributed by atoms with Gasteiger partial charge in [-0.05, 0) is 13.0 Å². The fourth-order valence-corrected chi connectivity index (χ4v) is 1.71. The predicted octanol–water partition coefficient (Wildman–Crippen LogP) is 2.88. The third-order valence-corrected chi connectivity index (χ3v) is 2.68. The monoisotopic (exact) mass is 290 g/mol. The van der Waals surface area contributed by atoms with Gasteiger partial charge >= 0.3 is 5.97 Å². The van der Waals surface area contributed by atoms with Gasteiger partial charge in [-0.15, -0.1) is 10.2 Å². The summed E-state index contributed by atoms with van der Waals surface area (Å²) in [4.78, 5) is 11.5. The summed E-state index contributed by atoms with van der Waals surface area (Å²) in [7, 11) is 0. The fraction of sp³-hybridized carbons (Fsp3) is 0.182. The molecule has 0 aliphatic heterocycles. The number of benzene rings is 1. The highest BCUT2D eigenvalue weighted by Gasteiger charge is 2.22. The minimum Gasteiger partial charge on any atom is -0.461 e. The molecule has 0 amide bonds. The largest absolute Gasteiger partial charge is 0.461 e.